The van der Waals surface area contributed by atoms with Crippen molar-refractivity contribution in [2.75, 3.05) is 12.0 Å². The van der Waals surface area contributed by atoms with Gasteiger partial charge < -0.3 is 10.3 Å². The van der Waals surface area contributed by atoms with Gasteiger partial charge in [0.25, 0.3) is 0 Å². The Morgan fingerprint density at radius 3 is 2.52 bits per heavy atom. The minimum absolute atomic E-state index is 0.160. The predicted octanol–water partition coefficient (Wildman–Crippen LogP) is 3.24. The van der Waals surface area contributed by atoms with Crippen molar-refractivity contribution in [2.45, 2.75) is 49.0 Å². The van der Waals surface area contributed by atoms with E-state index in [1.807, 2.05) is 13.2 Å². The molecule has 0 aliphatic heterocycles. The van der Waals surface area contributed by atoms with Gasteiger partial charge in [0.15, 0.2) is 0 Å². The number of hydrogen-bond donors (Lipinski definition) is 1. The van der Waals surface area contributed by atoms with Crippen LogP contribution in [0.25, 0.3) is 11.4 Å². The molecule has 2 aromatic heterocycles. The third-order valence-corrected chi connectivity index (χ3v) is 5.18. The van der Waals surface area contributed by atoms with E-state index in [1.54, 1.807) is 11.7 Å². The van der Waals surface area contributed by atoms with Crippen molar-refractivity contribution in [2.24, 2.45) is 7.05 Å². The summed E-state index contributed by atoms with van der Waals surface area (Å²) in [5.41, 5.74) is 6.13. The summed E-state index contributed by atoms with van der Waals surface area (Å²) in [4.78, 5) is 4.44. The molecule has 0 radical (unpaired) electrons. The molecule has 23 heavy (non-hydrogen) atoms. The van der Waals surface area contributed by atoms with E-state index < -0.39 is 11.3 Å². The van der Waals surface area contributed by atoms with Crippen LogP contribution in [0.5, 0.6) is 0 Å². The van der Waals surface area contributed by atoms with Gasteiger partial charge in [-0.15, -0.1) is 11.8 Å². The summed E-state index contributed by atoms with van der Waals surface area (Å²) in [5, 5.41) is 9.01. The Labute approximate surface area is 136 Å². The Balaban J connectivity index is 1.93. The first kappa shape index (κ1) is 16.2. The Bertz CT molecular complexity index is 717. The fourth-order valence-electron chi connectivity index (χ4n) is 2.82. The average molecular weight is 343 g/mol. The quantitative estimate of drug-likeness (QED) is 0.862. The molecular weight excluding hydrogens is 324 g/mol. The normalized spacial score (nSPS) is 19.9. The number of aromatic nitrogens is 4. The Kier molecular flexibility index (Phi) is 3.86. The molecule has 1 aliphatic rings. The monoisotopic (exact) mass is 343 g/mol. The SMILES string of the molecule is CSc1nn(C)c(N)c1-c1noc(C2(C)CCC(F)(F)CC2)n1. The van der Waals surface area contributed by atoms with E-state index in [9.17, 15) is 8.78 Å². The van der Waals surface area contributed by atoms with Crippen molar-refractivity contribution in [1.29, 1.82) is 0 Å². The van der Waals surface area contributed by atoms with Crippen LogP contribution < -0.4 is 5.73 Å². The molecule has 0 unspecified atom stereocenters. The summed E-state index contributed by atoms with van der Waals surface area (Å²) in [7, 11) is 1.74. The summed E-state index contributed by atoms with van der Waals surface area (Å²) in [6, 6.07) is 0. The number of halogens is 2. The number of nitrogen functional groups attached to an aromatic ring is 1. The molecule has 2 N–H and O–H groups in total. The molecule has 6 nitrogen and oxygen atoms in total. The number of alkyl halides is 2. The molecule has 2 heterocycles. The van der Waals surface area contributed by atoms with Crippen LogP contribution in [0.15, 0.2) is 9.55 Å². The minimum atomic E-state index is -2.60. The standard InChI is InChI=1S/C14H19F2N5OS/c1-13(4-6-14(15,16)7-5-13)12-18-10(20-22-12)8-9(17)21(2)19-11(8)23-3/h4-7,17H2,1-3H3. The average Bonchev–Trinajstić information content (AvgIpc) is 3.09. The largest absolute Gasteiger partial charge is 0.383 e. The highest BCUT2D eigenvalue weighted by atomic mass is 32.2. The van der Waals surface area contributed by atoms with Gasteiger partial charge in [-0.3, -0.25) is 4.68 Å². The van der Waals surface area contributed by atoms with Crippen LogP contribution >= 0.6 is 11.8 Å². The number of thioether (sulfide) groups is 1. The number of nitrogens with two attached hydrogens (primary N) is 1. The lowest BCUT2D eigenvalue weighted by molar-refractivity contribution is -0.0532. The molecule has 0 aromatic carbocycles. The van der Waals surface area contributed by atoms with Crippen LogP contribution in [0.4, 0.5) is 14.6 Å². The third-order valence-electron chi connectivity index (χ3n) is 4.50. The summed E-state index contributed by atoms with van der Waals surface area (Å²) in [6.45, 7) is 1.89. The van der Waals surface area contributed by atoms with Crippen LogP contribution in [0, 0.1) is 0 Å². The van der Waals surface area contributed by atoms with E-state index in [2.05, 4.69) is 15.2 Å². The lowest BCUT2D eigenvalue weighted by Crippen LogP contribution is -2.34. The first-order valence-corrected chi connectivity index (χ1v) is 8.57. The molecule has 1 aliphatic carbocycles. The number of aryl methyl sites for hydroxylation is 1. The van der Waals surface area contributed by atoms with E-state index in [1.165, 1.54) is 11.8 Å². The molecular formula is C14H19F2N5OS. The Morgan fingerprint density at radius 1 is 1.26 bits per heavy atom. The van der Waals surface area contributed by atoms with E-state index in [-0.39, 0.29) is 12.8 Å². The minimum Gasteiger partial charge on any atom is -0.383 e. The number of nitrogens with zero attached hydrogens (tertiary/aromatic N) is 4. The van der Waals surface area contributed by atoms with Gasteiger partial charge in [-0.05, 0) is 19.1 Å². The second-order valence-electron chi connectivity index (χ2n) is 6.23. The zero-order chi connectivity index (χ0) is 16.8. The molecule has 0 amide bonds. The van der Waals surface area contributed by atoms with Crippen molar-refractivity contribution in [1.82, 2.24) is 19.9 Å². The summed E-state index contributed by atoms with van der Waals surface area (Å²) in [6.07, 6.45) is 2.20. The van der Waals surface area contributed by atoms with Gasteiger partial charge in [0.1, 0.15) is 10.8 Å². The van der Waals surface area contributed by atoms with Crippen LogP contribution in [0.2, 0.25) is 0 Å². The third kappa shape index (κ3) is 2.82. The van der Waals surface area contributed by atoms with Crippen molar-refractivity contribution >= 4 is 17.6 Å². The van der Waals surface area contributed by atoms with Crippen LogP contribution in [0.3, 0.4) is 0 Å². The molecule has 0 bridgehead atoms. The van der Waals surface area contributed by atoms with Gasteiger partial charge in [0.05, 0.1) is 5.56 Å². The van der Waals surface area contributed by atoms with Gasteiger partial charge in [-0.1, -0.05) is 12.1 Å². The lowest BCUT2D eigenvalue weighted by Gasteiger charge is -2.34. The first-order valence-electron chi connectivity index (χ1n) is 7.35. The molecule has 2 aromatic rings. The zero-order valence-corrected chi connectivity index (χ0v) is 14.1. The fourth-order valence-corrected chi connectivity index (χ4v) is 3.42. The fraction of sp³-hybridized carbons (Fsp3) is 0.643. The maximum atomic E-state index is 13.4. The Hall–Kier alpha value is -1.64. The van der Waals surface area contributed by atoms with E-state index in [0.717, 1.165) is 0 Å². The van der Waals surface area contributed by atoms with Gasteiger partial charge in [-0.25, -0.2) is 8.78 Å². The highest BCUT2D eigenvalue weighted by molar-refractivity contribution is 7.98. The number of hydrogen-bond acceptors (Lipinski definition) is 6. The first-order chi connectivity index (χ1) is 10.8. The van der Waals surface area contributed by atoms with E-state index >= 15 is 0 Å². The molecule has 0 spiro atoms. The molecule has 9 heteroatoms. The molecule has 126 valence electrons. The van der Waals surface area contributed by atoms with E-state index in [4.69, 9.17) is 10.3 Å². The van der Waals surface area contributed by atoms with Crippen LogP contribution in [0.1, 0.15) is 38.5 Å². The predicted molar refractivity (Wildman–Crippen MR) is 83.5 cm³/mol. The molecule has 1 fully saturated rings. The molecule has 1 saturated carbocycles. The molecule has 0 atom stereocenters. The van der Waals surface area contributed by atoms with Crippen molar-refractivity contribution in [3.8, 4) is 11.4 Å². The topological polar surface area (TPSA) is 82.8 Å². The number of anilines is 1. The van der Waals surface area contributed by atoms with Gasteiger partial charge in [-0.2, -0.15) is 10.1 Å². The zero-order valence-electron chi connectivity index (χ0n) is 13.3. The van der Waals surface area contributed by atoms with Crippen LogP contribution in [-0.2, 0) is 12.5 Å². The molecule has 3 rings (SSSR count). The summed E-state index contributed by atoms with van der Waals surface area (Å²) < 4.78 is 33.7. The second kappa shape index (κ2) is 5.47. The van der Waals surface area contributed by atoms with Gasteiger partial charge in [0, 0.05) is 25.3 Å². The van der Waals surface area contributed by atoms with Crippen molar-refractivity contribution in [3.63, 3.8) is 0 Å². The van der Waals surface area contributed by atoms with Gasteiger partial charge in [0.2, 0.25) is 17.6 Å². The highest BCUT2D eigenvalue weighted by Crippen LogP contribution is 2.45. The van der Waals surface area contributed by atoms with Gasteiger partial charge >= 0.3 is 0 Å². The molecule has 0 saturated heterocycles. The highest BCUT2D eigenvalue weighted by Gasteiger charge is 2.44. The van der Waals surface area contributed by atoms with Crippen LogP contribution in [-0.4, -0.2) is 32.1 Å². The van der Waals surface area contributed by atoms with Crippen molar-refractivity contribution in [3.05, 3.63) is 5.89 Å². The second-order valence-corrected chi connectivity index (χ2v) is 7.03. The maximum Gasteiger partial charge on any atom is 0.248 e. The maximum absolute atomic E-state index is 13.4. The lowest BCUT2D eigenvalue weighted by atomic mass is 9.74. The summed E-state index contributed by atoms with van der Waals surface area (Å²) >= 11 is 1.44. The number of rotatable bonds is 3. The van der Waals surface area contributed by atoms with Crippen molar-refractivity contribution < 1.29 is 13.3 Å². The van der Waals surface area contributed by atoms with E-state index in [0.29, 0.717) is 41.0 Å². The Morgan fingerprint density at radius 2 is 1.91 bits per heavy atom. The summed E-state index contributed by atoms with van der Waals surface area (Å²) in [5.74, 6) is -1.41. The smallest absolute Gasteiger partial charge is 0.248 e.